The first kappa shape index (κ1) is 24.3. The molecule has 0 amide bonds. The number of benzene rings is 1. The maximum Gasteiger partial charge on any atom is 0.387 e. The number of carbonyl (C=O) groups excluding carboxylic acids is 1. The van der Waals surface area contributed by atoms with Gasteiger partial charge in [0, 0.05) is 5.02 Å². The molecule has 0 heterocycles. The summed E-state index contributed by atoms with van der Waals surface area (Å²) in [5.74, 6) is 1.59. The van der Waals surface area contributed by atoms with Crippen LogP contribution in [-0.4, -0.2) is 18.7 Å². The summed E-state index contributed by atoms with van der Waals surface area (Å²) in [5, 5.41) is 0.229. The molecule has 0 bridgehead atoms. The zero-order valence-electron chi connectivity index (χ0n) is 18.5. The average Bonchev–Trinajstić information content (AvgIpc) is 2.74. The monoisotopic (exact) mass is 456 g/mol. The Kier molecular flexibility index (Phi) is 9.43. The lowest BCUT2D eigenvalue weighted by Gasteiger charge is -2.37. The van der Waals surface area contributed by atoms with Crippen molar-refractivity contribution in [1.29, 1.82) is 0 Å². The van der Waals surface area contributed by atoms with Crippen LogP contribution in [0.15, 0.2) is 18.2 Å². The fraction of sp³-hybridized carbons (Fsp3) is 0.720. The van der Waals surface area contributed by atoms with Crippen molar-refractivity contribution in [3.63, 3.8) is 0 Å². The van der Waals surface area contributed by atoms with Gasteiger partial charge in [0.05, 0.1) is 0 Å². The maximum atomic E-state index is 12.7. The Balaban J connectivity index is 1.44. The van der Waals surface area contributed by atoms with Crippen LogP contribution in [0.1, 0.15) is 94.3 Å². The first-order valence-electron chi connectivity index (χ1n) is 11.9. The number of esters is 1. The van der Waals surface area contributed by atoms with E-state index in [1.54, 1.807) is 0 Å². The van der Waals surface area contributed by atoms with Gasteiger partial charge in [0.25, 0.3) is 0 Å². The maximum absolute atomic E-state index is 12.7. The van der Waals surface area contributed by atoms with E-state index in [4.69, 9.17) is 16.3 Å². The summed E-state index contributed by atoms with van der Waals surface area (Å²) in [6.45, 7) is -0.766. The van der Waals surface area contributed by atoms with Gasteiger partial charge in [-0.2, -0.15) is 8.78 Å². The molecule has 0 aromatic heterocycles. The molecule has 1 aromatic carbocycles. The Morgan fingerprint density at radius 2 is 1.68 bits per heavy atom. The van der Waals surface area contributed by atoms with Crippen molar-refractivity contribution in [2.45, 2.75) is 96.7 Å². The number of alkyl halides is 2. The molecule has 2 fully saturated rings. The van der Waals surface area contributed by atoms with E-state index in [0.29, 0.717) is 0 Å². The summed E-state index contributed by atoms with van der Waals surface area (Å²) in [7, 11) is 0. The number of carbonyl (C=O) groups is 1. The molecule has 6 heteroatoms. The average molecular weight is 457 g/mol. The Morgan fingerprint density at radius 3 is 2.29 bits per heavy atom. The summed E-state index contributed by atoms with van der Waals surface area (Å²) in [5.41, 5.74) is -0.00628. The van der Waals surface area contributed by atoms with E-state index < -0.39 is 12.6 Å². The zero-order chi connectivity index (χ0) is 22.2. The zero-order valence-corrected chi connectivity index (χ0v) is 19.2. The topological polar surface area (TPSA) is 35.5 Å². The molecule has 0 radical (unpaired) electrons. The lowest BCUT2D eigenvalue weighted by atomic mass is 9.70. The van der Waals surface area contributed by atoms with Crippen molar-refractivity contribution >= 4 is 17.6 Å². The van der Waals surface area contributed by atoms with Gasteiger partial charge in [0.1, 0.15) is 17.4 Å². The number of hydrogen-bond acceptors (Lipinski definition) is 3. The first-order valence-corrected chi connectivity index (χ1v) is 12.3. The van der Waals surface area contributed by atoms with Crippen LogP contribution in [0.4, 0.5) is 8.78 Å². The third kappa shape index (κ3) is 7.34. The molecule has 0 saturated heterocycles. The van der Waals surface area contributed by atoms with Crippen molar-refractivity contribution in [1.82, 2.24) is 0 Å². The van der Waals surface area contributed by atoms with E-state index in [1.807, 2.05) is 0 Å². The summed E-state index contributed by atoms with van der Waals surface area (Å²) in [6.07, 6.45) is 14.5. The molecule has 2 aliphatic rings. The molecule has 3 nitrogen and oxygen atoms in total. The van der Waals surface area contributed by atoms with E-state index in [0.717, 1.165) is 43.4 Å². The van der Waals surface area contributed by atoms with Gasteiger partial charge in [-0.05, 0) is 74.5 Å². The minimum Gasteiger partial charge on any atom is -0.459 e. The van der Waals surface area contributed by atoms with E-state index in [2.05, 4.69) is 11.7 Å². The molecule has 1 aromatic rings. The van der Waals surface area contributed by atoms with Gasteiger partial charge in [-0.15, -0.1) is 0 Å². The van der Waals surface area contributed by atoms with Crippen LogP contribution in [-0.2, 0) is 4.74 Å². The van der Waals surface area contributed by atoms with Crippen molar-refractivity contribution in [3.8, 4) is 5.75 Å². The van der Waals surface area contributed by atoms with Crippen LogP contribution >= 0.6 is 11.6 Å². The van der Waals surface area contributed by atoms with Crippen LogP contribution in [0.3, 0.4) is 0 Å². The lowest BCUT2D eigenvalue weighted by Crippen LogP contribution is -2.30. The quantitative estimate of drug-likeness (QED) is 0.278. The Labute approximate surface area is 189 Å². The summed E-state index contributed by atoms with van der Waals surface area (Å²) < 4.78 is 35.4. The molecular weight excluding hydrogens is 422 g/mol. The Morgan fingerprint density at radius 1 is 1.03 bits per heavy atom. The highest BCUT2D eigenvalue weighted by Gasteiger charge is 2.32. The van der Waals surface area contributed by atoms with E-state index in [-0.39, 0.29) is 22.4 Å². The summed E-state index contributed by atoms with van der Waals surface area (Å²) in [4.78, 5) is 12.6. The molecule has 0 aliphatic heterocycles. The van der Waals surface area contributed by atoms with Crippen LogP contribution < -0.4 is 4.74 Å². The largest absolute Gasteiger partial charge is 0.459 e. The fourth-order valence-corrected chi connectivity index (χ4v) is 5.54. The summed E-state index contributed by atoms with van der Waals surface area (Å²) in [6, 6.07) is 4.08. The van der Waals surface area contributed by atoms with Crippen LogP contribution in [0.5, 0.6) is 5.75 Å². The highest BCUT2D eigenvalue weighted by Crippen LogP contribution is 2.41. The molecule has 3 rings (SSSR count). The fourth-order valence-electron chi connectivity index (χ4n) is 5.38. The van der Waals surface area contributed by atoms with Gasteiger partial charge >= 0.3 is 12.6 Å². The van der Waals surface area contributed by atoms with Gasteiger partial charge in [-0.3, -0.25) is 0 Å². The molecular formula is C25H35ClF2O3. The SMILES string of the molecule is CCCCCC1CCC(C2CCC(OC(=O)c3ccc(Cl)cc3OC(F)F)CC2)CC1. The Bertz CT molecular complexity index is 696. The van der Waals surface area contributed by atoms with Crippen LogP contribution in [0.25, 0.3) is 0 Å². The minimum absolute atomic E-state index is 0.00628. The number of unbranched alkanes of at least 4 members (excludes halogenated alkanes) is 2. The van der Waals surface area contributed by atoms with Crippen LogP contribution in [0.2, 0.25) is 5.02 Å². The van der Waals surface area contributed by atoms with Crippen molar-refractivity contribution < 1.29 is 23.0 Å². The number of hydrogen-bond donors (Lipinski definition) is 0. The number of halogens is 3. The van der Waals surface area contributed by atoms with Crippen molar-refractivity contribution in [2.24, 2.45) is 17.8 Å². The van der Waals surface area contributed by atoms with E-state index in [9.17, 15) is 13.6 Å². The molecule has 0 N–H and O–H groups in total. The normalized spacial score (nSPS) is 26.6. The van der Waals surface area contributed by atoms with E-state index >= 15 is 0 Å². The third-order valence-electron chi connectivity index (χ3n) is 7.15. The standard InChI is InChI=1S/C25H35ClF2O3/c1-2-3-4-5-17-6-8-18(9-7-17)19-10-13-21(14-11-19)30-24(29)22-15-12-20(26)16-23(22)31-25(27)28/h12,15-19,21,25H,2-11,13-14H2,1H3. The van der Waals surface area contributed by atoms with Gasteiger partial charge in [-0.25, -0.2) is 4.79 Å². The second-order valence-electron chi connectivity index (χ2n) is 9.24. The predicted molar refractivity (Wildman–Crippen MR) is 119 cm³/mol. The second kappa shape index (κ2) is 12.0. The van der Waals surface area contributed by atoms with Gasteiger partial charge < -0.3 is 9.47 Å². The second-order valence-corrected chi connectivity index (χ2v) is 9.67. The van der Waals surface area contributed by atoms with Gasteiger partial charge in [0.2, 0.25) is 0 Å². The summed E-state index contributed by atoms with van der Waals surface area (Å²) >= 11 is 5.85. The van der Waals surface area contributed by atoms with Gasteiger partial charge in [0.15, 0.2) is 0 Å². The molecule has 2 saturated carbocycles. The number of rotatable bonds is 9. The number of ether oxygens (including phenoxy) is 2. The predicted octanol–water partition coefficient (Wildman–Crippen LogP) is 8.04. The molecule has 0 atom stereocenters. The lowest BCUT2D eigenvalue weighted by molar-refractivity contribution is -0.0507. The highest BCUT2D eigenvalue weighted by atomic mass is 35.5. The molecule has 2 aliphatic carbocycles. The molecule has 174 valence electrons. The first-order chi connectivity index (χ1) is 15.0. The van der Waals surface area contributed by atoms with Crippen molar-refractivity contribution in [3.05, 3.63) is 28.8 Å². The van der Waals surface area contributed by atoms with E-state index in [1.165, 1.54) is 69.6 Å². The molecule has 0 spiro atoms. The third-order valence-corrected chi connectivity index (χ3v) is 7.38. The van der Waals surface area contributed by atoms with Crippen LogP contribution in [0, 0.1) is 17.8 Å². The highest BCUT2D eigenvalue weighted by molar-refractivity contribution is 6.30. The van der Waals surface area contributed by atoms with Gasteiger partial charge in [-0.1, -0.05) is 57.0 Å². The Hall–Kier alpha value is -1.36. The van der Waals surface area contributed by atoms with Crippen molar-refractivity contribution in [2.75, 3.05) is 0 Å². The molecule has 0 unspecified atom stereocenters. The minimum atomic E-state index is -3.03. The molecule has 31 heavy (non-hydrogen) atoms. The smallest absolute Gasteiger partial charge is 0.387 e.